The molecular weight excluding hydrogens is 657 g/mol. The summed E-state index contributed by atoms with van der Waals surface area (Å²) in [7, 11) is 0. The van der Waals surface area contributed by atoms with Gasteiger partial charge in [0.25, 0.3) is 0 Å². The standard InChI is InChI=1S/C41H33F3N2O5/c42-41(43,44)36-23-21-32(22-24-36)31-14-12-30(13-15-31)26-50-37-4-2-1-3-33(37)16-9-28(6-5-27-7-19-35(20-8-27)39(47)48)25-29-10-17-34(18-11-29)38-45-40(49)51-46-38/h1-4,7-24,28H,5-6,25-26H2,(H,47,48)(H,45,46,49)/b16-9+. The first-order valence-electron chi connectivity index (χ1n) is 16.2. The van der Waals surface area contributed by atoms with Gasteiger partial charge in [0.1, 0.15) is 12.4 Å². The summed E-state index contributed by atoms with van der Waals surface area (Å²) >= 11 is 0. The Balaban J connectivity index is 1.14. The maximum atomic E-state index is 13.0. The average Bonchev–Trinajstić information content (AvgIpc) is 3.58. The van der Waals surface area contributed by atoms with Crippen LogP contribution in [0.25, 0.3) is 28.6 Å². The molecule has 1 atom stereocenters. The Morgan fingerprint density at radius 2 is 1.41 bits per heavy atom. The Hall–Kier alpha value is -6.16. The highest BCUT2D eigenvalue weighted by molar-refractivity contribution is 5.87. The van der Waals surface area contributed by atoms with Gasteiger partial charge in [-0.1, -0.05) is 108 Å². The Morgan fingerprint density at radius 1 is 0.804 bits per heavy atom. The molecule has 2 N–H and O–H groups in total. The van der Waals surface area contributed by atoms with Crippen LogP contribution < -0.4 is 10.5 Å². The van der Waals surface area contributed by atoms with Crippen LogP contribution >= 0.6 is 0 Å². The maximum absolute atomic E-state index is 13.0. The first-order chi connectivity index (χ1) is 24.6. The van der Waals surface area contributed by atoms with Crippen molar-refractivity contribution < 1.29 is 32.3 Å². The highest BCUT2D eigenvalue weighted by atomic mass is 19.4. The van der Waals surface area contributed by atoms with E-state index in [1.54, 1.807) is 12.1 Å². The van der Waals surface area contributed by atoms with Crippen molar-refractivity contribution in [2.75, 3.05) is 0 Å². The van der Waals surface area contributed by atoms with E-state index in [1.165, 1.54) is 12.1 Å². The number of rotatable bonds is 13. The normalized spacial score (nSPS) is 12.2. The molecule has 0 bridgehead atoms. The minimum Gasteiger partial charge on any atom is -0.488 e. The lowest BCUT2D eigenvalue weighted by Crippen LogP contribution is -2.04. The fourth-order valence-corrected chi connectivity index (χ4v) is 5.68. The van der Waals surface area contributed by atoms with E-state index < -0.39 is 23.5 Å². The molecule has 0 amide bonds. The van der Waals surface area contributed by atoms with Gasteiger partial charge in [-0.2, -0.15) is 13.2 Å². The van der Waals surface area contributed by atoms with Gasteiger partial charge in [0.05, 0.1) is 11.1 Å². The largest absolute Gasteiger partial charge is 0.488 e. The van der Waals surface area contributed by atoms with Gasteiger partial charge in [-0.15, -0.1) is 0 Å². The molecule has 0 aliphatic carbocycles. The lowest BCUT2D eigenvalue weighted by molar-refractivity contribution is -0.137. The van der Waals surface area contributed by atoms with Crippen molar-refractivity contribution in [3.8, 4) is 28.3 Å². The van der Waals surface area contributed by atoms with Crippen LogP contribution in [0.15, 0.2) is 137 Å². The number of alkyl halides is 3. The Bertz CT molecular complexity index is 2150. The third-order valence-electron chi connectivity index (χ3n) is 8.53. The number of H-pyrrole nitrogens is 1. The van der Waals surface area contributed by atoms with E-state index in [-0.39, 0.29) is 11.5 Å². The minimum atomic E-state index is -4.38. The number of aromatic amines is 1. The van der Waals surface area contributed by atoms with Gasteiger partial charge in [0.2, 0.25) is 0 Å². The van der Waals surface area contributed by atoms with Gasteiger partial charge < -0.3 is 9.84 Å². The molecule has 51 heavy (non-hydrogen) atoms. The summed E-state index contributed by atoms with van der Waals surface area (Å²) < 4.78 is 49.7. The number of carboxylic acids is 1. The van der Waals surface area contributed by atoms with Crippen molar-refractivity contribution in [3.63, 3.8) is 0 Å². The van der Waals surface area contributed by atoms with Crippen LogP contribution in [0, 0.1) is 5.92 Å². The summed E-state index contributed by atoms with van der Waals surface area (Å²) in [5.41, 5.74) is 5.74. The second-order valence-corrected chi connectivity index (χ2v) is 12.1. The van der Waals surface area contributed by atoms with E-state index in [2.05, 4.69) is 26.8 Å². The molecule has 6 rings (SSSR count). The first kappa shape index (κ1) is 34.7. The average molecular weight is 691 g/mol. The molecule has 0 radical (unpaired) electrons. The van der Waals surface area contributed by atoms with Crippen molar-refractivity contribution in [3.05, 3.63) is 171 Å². The van der Waals surface area contributed by atoms with E-state index >= 15 is 0 Å². The zero-order chi connectivity index (χ0) is 35.8. The fraction of sp³-hybridized carbons (Fsp3) is 0.146. The molecule has 10 heteroatoms. The third kappa shape index (κ3) is 9.30. The van der Waals surface area contributed by atoms with Crippen LogP contribution in [0.5, 0.6) is 5.75 Å². The number of aromatic nitrogens is 2. The maximum Gasteiger partial charge on any atom is 0.439 e. The van der Waals surface area contributed by atoms with E-state index in [0.29, 0.717) is 23.7 Å². The number of ether oxygens (including phenoxy) is 1. The Kier molecular flexibility index (Phi) is 10.6. The van der Waals surface area contributed by atoms with Crippen molar-refractivity contribution in [1.29, 1.82) is 0 Å². The highest BCUT2D eigenvalue weighted by Gasteiger charge is 2.30. The molecule has 0 fully saturated rings. The molecule has 0 saturated heterocycles. The highest BCUT2D eigenvalue weighted by Crippen LogP contribution is 2.31. The number of allylic oxidation sites excluding steroid dienone is 1. The molecule has 0 saturated carbocycles. The summed E-state index contributed by atoms with van der Waals surface area (Å²) in [6.45, 7) is 0.303. The minimum absolute atomic E-state index is 0.118. The van der Waals surface area contributed by atoms with Crippen molar-refractivity contribution >= 4 is 12.0 Å². The monoisotopic (exact) mass is 690 g/mol. The second-order valence-electron chi connectivity index (χ2n) is 12.1. The van der Waals surface area contributed by atoms with Crippen LogP contribution in [0.2, 0.25) is 0 Å². The summed E-state index contributed by atoms with van der Waals surface area (Å²) in [4.78, 5) is 25.2. The number of hydrogen-bond donors (Lipinski definition) is 2. The molecule has 0 spiro atoms. The second kappa shape index (κ2) is 15.6. The number of carboxylic acid groups (broad SMARTS) is 1. The van der Waals surface area contributed by atoms with Crippen LogP contribution in [-0.2, 0) is 25.6 Å². The van der Waals surface area contributed by atoms with Crippen molar-refractivity contribution in [2.45, 2.75) is 32.0 Å². The third-order valence-corrected chi connectivity index (χ3v) is 8.53. The van der Waals surface area contributed by atoms with E-state index in [0.717, 1.165) is 64.8 Å². The van der Waals surface area contributed by atoms with Gasteiger partial charge in [0.15, 0.2) is 5.82 Å². The van der Waals surface area contributed by atoms with Crippen LogP contribution in [-0.4, -0.2) is 21.2 Å². The number of nitrogens with zero attached hydrogens (tertiary/aromatic N) is 1. The van der Waals surface area contributed by atoms with Gasteiger partial charge in [0, 0.05) is 11.1 Å². The number of halogens is 3. The molecule has 0 aliphatic heterocycles. The SMILES string of the molecule is O=C(O)c1ccc(CCC(/C=C/c2ccccc2OCc2ccc(-c3ccc(C(F)(F)F)cc3)cc2)Cc2ccc(-c3noc(=O)[nH]3)cc2)cc1. The molecule has 0 aliphatic rings. The van der Waals surface area contributed by atoms with E-state index in [1.807, 2.05) is 84.9 Å². The van der Waals surface area contributed by atoms with E-state index in [4.69, 9.17) is 4.74 Å². The van der Waals surface area contributed by atoms with Gasteiger partial charge in [-0.25, -0.2) is 9.59 Å². The lowest BCUT2D eigenvalue weighted by Gasteiger charge is -2.15. The van der Waals surface area contributed by atoms with Crippen LogP contribution in [0.1, 0.15) is 44.6 Å². The van der Waals surface area contributed by atoms with Crippen LogP contribution in [0.4, 0.5) is 13.2 Å². The number of hydrogen-bond acceptors (Lipinski definition) is 5. The summed E-state index contributed by atoms with van der Waals surface area (Å²) in [6, 6.07) is 35.0. The zero-order valence-corrected chi connectivity index (χ0v) is 27.3. The van der Waals surface area contributed by atoms with E-state index in [9.17, 15) is 27.9 Å². The van der Waals surface area contributed by atoms with Crippen LogP contribution in [0.3, 0.4) is 0 Å². The molecule has 7 nitrogen and oxygen atoms in total. The predicted octanol–water partition coefficient (Wildman–Crippen LogP) is 9.50. The summed E-state index contributed by atoms with van der Waals surface area (Å²) in [6.07, 6.45) is 2.11. The Labute approximate surface area is 291 Å². The number of para-hydroxylation sites is 1. The predicted molar refractivity (Wildman–Crippen MR) is 188 cm³/mol. The van der Waals surface area contributed by atoms with Gasteiger partial charge in [-0.05, 0) is 83.3 Å². The van der Waals surface area contributed by atoms with Crippen molar-refractivity contribution in [1.82, 2.24) is 10.1 Å². The smallest absolute Gasteiger partial charge is 0.439 e. The van der Waals surface area contributed by atoms with Gasteiger partial charge >= 0.3 is 17.9 Å². The molecular formula is C41H33F3N2O5. The molecule has 5 aromatic carbocycles. The lowest BCUT2D eigenvalue weighted by atomic mass is 9.91. The zero-order valence-electron chi connectivity index (χ0n) is 27.3. The van der Waals surface area contributed by atoms with Gasteiger partial charge in [-0.3, -0.25) is 9.51 Å². The fourth-order valence-electron chi connectivity index (χ4n) is 5.68. The summed E-state index contributed by atoms with van der Waals surface area (Å²) in [5, 5.41) is 13.0. The Morgan fingerprint density at radius 3 is 2.04 bits per heavy atom. The number of benzene rings is 5. The quantitative estimate of drug-likeness (QED) is 0.125. The number of aryl methyl sites for hydroxylation is 1. The molecule has 1 heterocycles. The van der Waals surface area contributed by atoms with Crippen molar-refractivity contribution in [2.24, 2.45) is 5.92 Å². The summed E-state index contributed by atoms with van der Waals surface area (Å²) in [5.74, 6) is -0.396. The number of nitrogens with one attached hydrogen (secondary N) is 1. The molecule has 1 aromatic heterocycles. The molecule has 1 unspecified atom stereocenters. The molecule has 6 aromatic rings. The number of carbonyl (C=O) groups is 1. The first-order valence-corrected chi connectivity index (χ1v) is 16.2. The number of aromatic carboxylic acids is 1. The molecule has 258 valence electrons. The topological polar surface area (TPSA) is 105 Å².